The van der Waals surface area contributed by atoms with Crippen LogP contribution in [0.4, 0.5) is 0 Å². The lowest BCUT2D eigenvalue weighted by atomic mass is 10.1. The van der Waals surface area contributed by atoms with Gasteiger partial charge in [-0.15, -0.1) is 0 Å². The number of hydrogen-bond donors (Lipinski definition) is 0. The topological polar surface area (TPSA) is 18.5 Å². The van der Waals surface area contributed by atoms with Crippen LogP contribution >= 0.6 is 0 Å². The highest BCUT2D eigenvalue weighted by Crippen LogP contribution is 2.26. The molecule has 0 aliphatic carbocycles. The van der Waals surface area contributed by atoms with Gasteiger partial charge in [-0.05, 0) is 13.3 Å². The highest BCUT2D eigenvalue weighted by atomic mass is 16.7. The Balaban J connectivity index is 2.29. The molecule has 0 radical (unpaired) electrons. The predicted molar refractivity (Wildman–Crippen MR) is 80.1 cm³/mol. The highest BCUT2D eigenvalue weighted by Gasteiger charge is 2.26. The molecule has 2 heteroatoms. The van der Waals surface area contributed by atoms with E-state index in [4.69, 9.17) is 9.47 Å². The second-order valence-electron chi connectivity index (χ2n) is 5.13. The van der Waals surface area contributed by atoms with E-state index in [1.165, 1.54) is 32.1 Å². The van der Waals surface area contributed by atoms with Crippen molar-refractivity contribution >= 4 is 0 Å². The van der Waals surface area contributed by atoms with Gasteiger partial charge in [0.1, 0.15) is 0 Å². The Bertz CT molecular complexity index is 323. The molecule has 0 fully saturated rings. The van der Waals surface area contributed by atoms with Crippen molar-refractivity contribution < 1.29 is 9.47 Å². The molecule has 0 aliphatic heterocycles. The van der Waals surface area contributed by atoms with Crippen LogP contribution in [-0.4, -0.2) is 13.7 Å². The fourth-order valence-electron chi connectivity index (χ4n) is 2.15. The maximum atomic E-state index is 5.95. The quantitative estimate of drug-likeness (QED) is 0.443. The molecular formula is C17H28O2. The third-order valence-corrected chi connectivity index (χ3v) is 3.56. The number of methoxy groups -OCH3 is 1. The van der Waals surface area contributed by atoms with E-state index in [1.54, 1.807) is 7.11 Å². The Hall–Kier alpha value is -0.860. The maximum absolute atomic E-state index is 5.95. The Labute approximate surface area is 118 Å². The van der Waals surface area contributed by atoms with Gasteiger partial charge in [-0.2, -0.15) is 0 Å². The number of benzene rings is 1. The Morgan fingerprint density at radius 3 is 2.21 bits per heavy atom. The molecular weight excluding hydrogens is 236 g/mol. The van der Waals surface area contributed by atoms with Crippen LogP contribution in [0.3, 0.4) is 0 Å². The summed E-state index contributed by atoms with van der Waals surface area (Å²) in [5.41, 5.74) is 1.07. The lowest BCUT2D eigenvalue weighted by Crippen LogP contribution is -2.28. The Morgan fingerprint density at radius 1 is 0.947 bits per heavy atom. The third-order valence-electron chi connectivity index (χ3n) is 3.56. The van der Waals surface area contributed by atoms with Gasteiger partial charge in [0.15, 0.2) is 5.79 Å². The first kappa shape index (κ1) is 16.2. The minimum Gasteiger partial charge on any atom is -0.349 e. The SMILES string of the molecule is CCCCCCCCOC(C)(OC)c1ccccc1. The molecule has 0 N–H and O–H groups in total. The molecule has 108 valence electrons. The smallest absolute Gasteiger partial charge is 0.191 e. The summed E-state index contributed by atoms with van der Waals surface area (Å²) in [4.78, 5) is 0. The lowest BCUT2D eigenvalue weighted by Gasteiger charge is -2.28. The molecule has 0 aliphatic rings. The van der Waals surface area contributed by atoms with E-state index < -0.39 is 5.79 Å². The third kappa shape index (κ3) is 5.75. The van der Waals surface area contributed by atoms with Crippen LogP contribution in [0.5, 0.6) is 0 Å². The van der Waals surface area contributed by atoms with Gasteiger partial charge in [0, 0.05) is 12.7 Å². The molecule has 0 bridgehead atoms. The first-order valence-corrected chi connectivity index (χ1v) is 7.47. The summed E-state index contributed by atoms with van der Waals surface area (Å²) in [6.45, 7) is 4.98. The van der Waals surface area contributed by atoms with Crippen LogP contribution in [0.1, 0.15) is 57.9 Å². The summed E-state index contributed by atoms with van der Waals surface area (Å²) < 4.78 is 11.5. The zero-order valence-corrected chi connectivity index (χ0v) is 12.7. The number of ether oxygens (including phenoxy) is 2. The Kier molecular flexibility index (Phi) is 7.76. The Morgan fingerprint density at radius 2 is 1.58 bits per heavy atom. The van der Waals surface area contributed by atoms with Crippen LogP contribution < -0.4 is 0 Å². The van der Waals surface area contributed by atoms with Crippen LogP contribution in [0.15, 0.2) is 30.3 Å². The molecule has 19 heavy (non-hydrogen) atoms. The van der Waals surface area contributed by atoms with Crippen LogP contribution in [-0.2, 0) is 15.3 Å². The molecule has 1 aromatic carbocycles. The van der Waals surface area contributed by atoms with Gasteiger partial charge in [-0.3, -0.25) is 0 Å². The van der Waals surface area contributed by atoms with Gasteiger partial charge in [0.05, 0.1) is 6.61 Å². The van der Waals surface area contributed by atoms with Gasteiger partial charge >= 0.3 is 0 Å². The average molecular weight is 264 g/mol. The highest BCUT2D eigenvalue weighted by molar-refractivity contribution is 5.19. The molecule has 0 aromatic heterocycles. The first-order chi connectivity index (χ1) is 9.23. The molecule has 1 aromatic rings. The normalized spacial score (nSPS) is 14.3. The van der Waals surface area contributed by atoms with Crippen molar-refractivity contribution in [1.82, 2.24) is 0 Å². The molecule has 0 spiro atoms. The summed E-state index contributed by atoms with van der Waals surface area (Å²) >= 11 is 0. The molecule has 2 nitrogen and oxygen atoms in total. The van der Waals surface area contributed by atoms with E-state index in [9.17, 15) is 0 Å². The zero-order valence-electron chi connectivity index (χ0n) is 12.7. The predicted octanol–water partition coefficient (Wildman–Crippen LogP) is 4.88. The van der Waals surface area contributed by atoms with Crippen molar-refractivity contribution in [3.8, 4) is 0 Å². The first-order valence-electron chi connectivity index (χ1n) is 7.47. The fourth-order valence-corrected chi connectivity index (χ4v) is 2.15. The van der Waals surface area contributed by atoms with Crippen LogP contribution in [0.2, 0.25) is 0 Å². The maximum Gasteiger partial charge on any atom is 0.191 e. The number of unbranched alkanes of at least 4 members (excludes halogenated alkanes) is 5. The van der Waals surface area contributed by atoms with E-state index in [0.29, 0.717) is 0 Å². The minimum absolute atomic E-state index is 0.620. The second kappa shape index (κ2) is 9.11. The van der Waals surface area contributed by atoms with Gasteiger partial charge in [-0.1, -0.05) is 69.4 Å². The summed E-state index contributed by atoms with van der Waals surface area (Å²) in [5, 5.41) is 0. The van der Waals surface area contributed by atoms with E-state index in [2.05, 4.69) is 6.92 Å². The van der Waals surface area contributed by atoms with Crippen molar-refractivity contribution in [2.75, 3.05) is 13.7 Å². The van der Waals surface area contributed by atoms with Crippen molar-refractivity contribution in [3.05, 3.63) is 35.9 Å². The summed E-state index contributed by atoms with van der Waals surface area (Å²) in [5.74, 6) is -0.620. The van der Waals surface area contributed by atoms with E-state index in [-0.39, 0.29) is 0 Å². The standard InChI is InChI=1S/C17H28O2/c1-4-5-6-7-8-12-15-19-17(2,18-3)16-13-10-9-11-14-16/h9-11,13-14H,4-8,12,15H2,1-3H3. The minimum atomic E-state index is -0.620. The molecule has 0 amide bonds. The zero-order chi connectivity index (χ0) is 14.0. The fraction of sp³-hybridized carbons (Fsp3) is 0.647. The second-order valence-corrected chi connectivity index (χ2v) is 5.13. The van der Waals surface area contributed by atoms with Crippen LogP contribution in [0, 0.1) is 0 Å². The van der Waals surface area contributed by atoms with Crippen molar-refractivity contribution in [1.29, 1.82) is 0 Å². The van der Waals surface area contributed by atoms with E-state index >= 15 is 0 Å². The van der Waals surface area contributed by atoms with Gasteiger partial charge in [-0.25, -0.2) is 0 Å². The molecule has 0 saturated carbocycles. The van der Waals surface area contributed by atoms with Crippen LogP contribution in [0.25, 0.3) is 0 Å². The molecule has 1 atom stereocenters. The van der Waals surface area contributed by atoms with Gasteiger partial charge in [0.2, 0.25) is 0 Å². The van der Waals surface area contributed by atoms with E-state index in [1.807, 2.05) is 37.3 Å². The van der Waals surface area contributed by atoms with Gasteiger partial charge in [0.25, 0.3) is 0 Å². The van der Waals surface area contributed by atoms with E-state index in [0.717, 1.165) is 18.6 Å². The van der Waals surface area contributed by atoms with Crippen molar-refractivity contribution in [3.63, 3.8) is 0 Å². The summed E-state index contributed by atoms with van der Waals surface area (Å²) in [6, 6.07) is 10.1. The van der Waals surface area contributed by atoms with Gasteiger partial charge < -0.3 is 9.47 Å². The van der Waals surface area contributed by atoms with Crippen molar-refractivity contribution in [2.45, 2.75) is 58.2 Å². The molecule has 0 saturated heterocycles. The number of hydrogen-bond acceptors (Lipinski definition) is 2. The number of rotatable bonds is 10. The largest absolute Gasteiger partial charge is 0.349 e. The molecule has 0 heterocycles. The summed E-state index contributed by atoms with van der Waals surface area (Å²) in [6.07, 6.45) is 7.65. The molecule has 1 rings (SSSR count). The monoisotopic (exact) mass is 264 g/mol. The lowest BCUT2D eigenvalue weighted by molar-refractivity contribution is -0.219. The average Bonchev–Trinajstić information content (AvgIpc) is 2.47. The molecule has 1 unspecified atom stereocenters. The van der Waals surface area contributed by atoms with Crippen molar-refractivity contribution in [2.24, 2.45) is 0 Å². The summed E-state index contributed by atoms with van der Waals surface area (Å²) in [7, 11) is 1.70.